The maximum absolute atomic E-state index is 13.6. The van der Waals surface area contributed by atoms with Crippen molar-refractivity contribution in [1.29, 1.82) is 0 Å². The lowest BCUT2D eigenvalue weighted by molar-refractivity contribution is 0.0516. The Labute approximate surface area is 123 Å². The smallest absolute Gasteiger partial charge is 0.357 e. The number of carbonyl (C=O) groups excluding carboxylic acids is 2. The molecule has 1 N–H and O–H groups in total. The number of hydrogen-bond donors (Lipinski definition) is 1. The second-order valence-corrected chi connectivity index (χ2v) is 4.37. The van der Waals surface area contributed by atoms with E-state index in [1.54, 1.807) is 6.92 Å². The summed E-state index contributed by atoms with van der Waals surface area (Å²) < 4.78 is 32.3. The van der Waals surface area contributed by atoms with E-state index in [0.29, 0.717) is 0 Å². The molecule has 0 aliphatic heterocycles. The van der Waals surface area contributed by atoms with Crippen LogP contribution in [0.4, 0.5) is 8.78 Å². The molecule has 1 aromatic heterocycles. The highest BCUT2D eigenvalue weighted by Gasteiger charge is 2.21. The average Bonchev–Trinajstić information content (AvgIpc) is 2.80. The third-order valence-electron chi connectivity index (χ3n) is 2.93. The molecule has 0 amide bonds. The second kappa shape index (κ2) is 6.33. The van der Waals surface area contributed by atoms with Crippen molar-refractivity contribution in [2.45, 2.75) is 13.5 Å². The molecule has 0 spiro atoms. The van der Waals surface area contributed by atoms with Crippen LogP contribution in [0.25, 0.3) is 0 Å². The summed E-state index contributed by atoms with van der Waals surface area (Å²) in [4.78, 5) is 34.6. The Balaban J connectivity index is 2.44. The van der Waals surface area contributed by atoms with E-state index in [2.05, 4.69) is 5.10 Å². The Morgan fingerprint density at radius 2 is 2.14 bits per heavy atom. The minimum Gasteiger partial charge on any atom is -0.461 e. The van der Waals surface area contributed by atoms with Crippen LogP contribution >= 0.6 is 0 Å². The fourth-order valence-corrected chi connectivity index (χ4v) is 1.91. The van der Waals surface area contributed by atoms with E-state index >= 15 is 0 Å². The third-order valence-corrected chi connectivity index (χ3v) is 2.93. The predicted molar refractivity (Wildman–Crippen MR) is 71.9 cm³/mol. The number of benzene rings is 1. The molecule has 0 radical (unpaired) electrons. The average molecular weight is 310 g/mol. The van der Waals surface area contributed by atoms with Crippen molar-refractivity contribution in [3.8, 4) is 0 Å². The SMILES string of the molecule is CCOC(=O)c1[nH]n(Cc2cc(F)ccc2F)c(=O)c1C=O. The van der Waals surface area contributed by atoms with Gasteiger partial charge in [0.05, 0.1) is 13.2 Å². The minimum atomic E-state index is -0.875. The molecular weight excluding hydrogens is 298 g/mol. The molecule has 0 saturated heterocycles. The van der Waals surface area contributed by atoms with Gasteiger partial charge in [0, 0.05) is 5.56 Å². The van der Waals surface area contributed by atoms with Gasteiger partial charge in [-0.1, -0.05) is 0 Å². The molecule has 0 aliphatic rings. The zero-order valence-corrected chi connectivity index (χ0v) is 11.6. The van der Waals surface area contributed by atoms with Gasteiger partial charge < -0.3 is 4.74 Å². The Hall–Kier alpha value is -2.77. The minimum absolute atomic E-state index is 0.0584. The normalized spacial score (nSPS) is 10.5. The van der Waals surface area contributed by atoms with Crippen LogP contribution in [0.1, 0.15) is 33.3 Å². The first-order chi connectivity index (χ1) is 10.5. The standard InChI is InChI=1S/C14H12F2N2O4/c1-2-22-14(21)12-10(7-19)13(20)18(17-12)6-8-5-9(15)3-4-11(8)16/h3-5,7,17H,2,6H2,1H3. The van der Waals surface area contributed by atoms with E-state index in [4.69, 9.17) is 4.74 Å². The number of hydrogen-bond acceptors (Lipinski definition) is 4. The van der Waals surface area contributed by atoms with Crippen molar-refractivity contribution in [1.82, 2.24) is 9.78 Å². The first-order valence-electron chi connectivity index (χ1n) is 6.37. The quantitative estimate of drug-likeness (QED) is 0.670. The van der Waals surface area contributed by atoms with Crippen LogP contribution in [0.2, 0.25) is 0 Å². The van der Waals surface area contributed by atoms with E-state index < -0.39 is 28.7 Å². The fraction of sp³-hybridized carbons (Fsp3) is 0.214. The summed E-state index contributed by atoms with van der Waals surface area (Å²) in [6.07, 6.45) is 0.212. The molecule has 22 heavy (non-hydrogen) atoms. The van der Waals surface area contributed by atoms with Gasteiger partial charge in [-0.05, 0) is 25.1 Å². The summed E-state index contributed by atoms with van der Waals surface area (Å²) in [6, 6.07) is 2.79. The lowest BCUT2D eigenvalue weighted by atomic mass is 10.2. The molecule has 116 valence electrons. The number of ether oxygens (including phenoxy) is 1. The number of rotatable bonds is 5. The predicted octanol–water partition coefficient (Wildman–Crippen LogP) is 1.49. The van der Waals surface area contributed by atoms with E-state index in [1.807, 2.05) is 0 Å². The summed E-state index contributed by atoms with van der Waals surface area (Å²) in [5.41, 5.74) is -1.66. The Morgan fingerprint density at radius 3 is 2.77 bits per heavy atom. The number of aromatic nitrogens is 2. The summed E-state index contributed by atoms with van der Waals surface area (Å²) >= 11 is 0. The van der Waals surface area contributed by atoms with Gasteiger partial charge in [0.2, 0.25) is 0 Å². The van der Waals surface area contributed by atoms with E-state index in [0.717, 1.165) is 22.9 Å². The highest BCUT2D eigenvalue weighted by Crippen LogP contribution is 2.11. The number of nitrogens with one attached hydrogen (secondary N) is 1. The zero-order valence-electron chi connectivity index (χ0n) is 11.6. The fourth-order valence-electron chi connectivity index (χ4n) is 1.91. The van der Waals surface area contributed by atoms with Crippen molar-refractivity contribution in [2.24, 2.45) is 0 Å². The molecule has 0 aliphatic carbocycles. The van der Waals surface area contributed by atoms with Gasteiger partial charge in [0.1, 0.15) is 17.2 Å². The molecule has 2 rings (SSSR count). The third kappa shape index (κ3) is 2.95. The van der Waals surface area contributed by atoms with Crippen molar-refractivity contribution in [2.75, 3.05) is 6.61 Å². The molecule has 0 fully saturated rings. The number of nitrogens with zero attached hydrogens (tertiary/aromatic N) is 1. The monoisotopic (exact) mass is 310 g/mol. The molecule has 6 nitrogen and oxygen atoms in total. The summed E-state index contributed by atoms with van der Waals surface area (Å²) in [6.45, 7) is 1.27. The largest absolute Gasteiger partial charge is 0.461 e. The highest BCUT2D eigenvalue weighted by atomic mass is 19.1. The zero-order chi connectivity index (χ0) is 16.3. The van der Waals surface area contributed by atoms with Crippen LogP contribution in [0.15, 0.2) is 23.0 Å². The molecule has 0 saturated carbocycles. The molecule has 1 heterocycles. The number of esters is 1. The first-order valence-corrected chi connectivity index (χ1v) is 6.37. The van der Waals surface area contributed by atoms with Gasteiger partial charge in [0.25, 0.3) is 5.56 Å². The number of carbonyl (C=O) groups is 2. The van der Waals surface area contributed by atoms with Crippen LogP contribution in [0, 0.1) is 11.6 Å². The van der Waals surface area contributed by atoms with Gasteiger partial charge in [-0.2, -0.15) is 0 Å². The summed E-state index contributed by atoms with van der Waals surface area (Å²) in [7, 11) is 0. The van der Waals surface area contributed by atoms with Gasteiger partial charge in [-0.25, -0.2) is 18.3 Å². The van der Waals surface area contributed by atoms with E-state index in [1.165, 1.54) is 0 Å². The highest BCUT2D eigenvalue weighted by molar-refractivity contribution is 5.96. The summed E-state index contributed by atoms with van der Waals surface area (Å²) in [5, 5.41) is 2.39. The van der Waals surface area contributed by atoms with Crippen LogP contribution in [-0.4, -0.2) is 28.6 Å². The Bertz CT molecular complexity index is 780. The van der Waals surface area contributed by atoms with Gasteiger partial charge in [-0.15, -0.1) is 0 Å². The summed E-state index contributed by atoms with van der Waals surface area (Å²) in [5.74, 6) is -2.26. The van der Waals surface area contributed by atoms with Gasteiger partial charge in [0.15, 0.2) is 12.0 Å². The maximum atomic E-state index is 13.6. The molecule has 0 unspecified atom stereocenters. The van der Waals surface area contributed by atoms with Gasteiger partial charge >= 0.3 is 5.97 Å². The maximum Gasteiger partial charge on any atom is 0.357 e. The van der Waals surface area contributed by atoms with Crippen molar-refractivity contribution in [3.05, 3.63) is 57.0 Å². The molecule has 0 atom stereocenters. The number of aromatic amines is 1. The first kappa shape index (κ1) is 15.6. The van der Waals surface area contributed by atoms with Crippen molar-refractivity contribution in [3.63, 3.8) is 0 Å². The number of aldehydes is 1. The molecule has 1 aromatic carbocycles. The van der Waals surface area contributed by atoms with Crippen molar-refractivity contribution < 1.29 is 23.1 Å². The lowest BCUT2D eigenvalue weighted by Gasteiger charge is -2.04. The van der Waals surface area contributed by atoms with E-state index in [9.17, 15) is 23.2 Å². The number of H-pyrrole nitrogens is 1. The van der Waals surface area contributed by atoms with Crippen LogP contribution in [-0.2, 0) is 11.3 Å². The van der Waals surface area contributed by atoms with Gasteiger partial charge in [-0.3, -0.25) is 14.7 Å². The van der Waals surface area contributed by atoms with Crippen LogP contribution in [0.5, 0.6) is 0 Å². The Morgan fingerprint density at radius 1 is 1.41 bits per heavy atom. The van der Waals surface area contributed by atoms with Crippen molar-refractivity contribution >= 4 is 12.3 Å². The topological polar surface area (TPSA) is 81.2 Å². The van der Waals surface area contributed by atoms with E-state index in [-0.39, 0.29) is 30.7 Å². The Kier molecular flexibility index (Phi) is 4.50. The molecular formula is C14H12F2N2O4. The van der Waals surface area contributed by atoms with Crippen LogP contribution < -0.4 is 5.56 Å². The molecule has 0 bridgehead atoms. The second-order valence-electron chi connectivity index (χ2n) is 4.37. The lowest BCUT2D eigenvalue weighted by Crippen LogP contribution is -2.20. The number of halogens is 2. The molecule has 8 heteroatoms. The molecule has 2 aromatic rings. The van der Waals surface area contributed by atoms with Crippen LogP contribution in [0.3, 0.4) is 0 Å².